The van der Waals surface area contributed by atoms with E-state index in [9.17, 15) is 9.90 Å². The van der Waals surface area contributed by atoms with Gasteiger partial charge >= 0.3 is 6.03 Å². The summed E-state index contributed by atoms with van der Waals surface area (Å²) in [7, 11) is 1.42. The SMILES string of the molecule is CCOc1cccc(N(N)C(=O)N(C)N)c1COc1ccc(O)cc1C1CC1. The number of hydrogen-bond donors (Lipinski definition) is 3. The predicted molar refractivity (Wildman–Crippen MR) is 106 cm³/mol. The fourth-order valence-corrected chi connectivity index (χ4v) is 3.02. The van der Waals surface area contributed by atoms with Crippen molar-refractivity contribution in [1.29, 1.82) is 0 Å². The first-order chi connectivity index (χ1) is 13.4. The Morgan fingerprint density at radius 3 is 2.57 bits per heavy atom. The van der Waals surface area contributed by atoms with Gasteiger partial charge in [0.05, 0.1) is 17.9 Å². The number of anilines is 1. The van der Waals surface area contributed by atoms with Crippen molar-refractivity contribution in [1.82, 2.24) is 5.01 Å². The molecule has 150 valence electrons. The van der Waals surface area contributed by atoms with Gasteiger partial charge in [-0.15, -0.1) is 0 Å². The summed E-state index contributed by atoms with van der Waals surface area (Å²) < 4.78 is 11.8. The van der Waals surface area contributed by atoms with E-state index < -0.39 is 6.03 Å². The fraction of sp³-hybridized carbons (Fsp3) is 0.350. The minimum atomic E-state index is -0.571. The second-order valence-corrected chi connectivity index (χ2v) is 6.74. The summed E-state index contributed by atoms with van der Waals surface area (Å²) in [6.07, 6.45) is 2.16. The number of rotatable bonds is 7. The Bertz CT molecular complexity index is 852. The number of hydrazine groups is 2. The van der Waals surface area contributed by atoms with E-state index in [1.807, 2.05) is 6.92 Å². The highest BCUT2D eigenvalue weighted by Gasteiger charge is 2.28. The van der Waals surface area contributed by atoms with E-state index in [0.717, 1.165) is 28.4 Å². The summed E-state index contributed by atoms with van der Waals surface area (Å²) in [5.41, 5.74) is 2.06. The number of nitrogens with zero attached hydrogens (tertiary/aromatic N) is 2. The van der Waals surface area contributed by atoms with Crippen molar-refractivity contribution in [3.63, 3.8) is 0 Å². The smallest absolute Gasteiger partial charge is 0.352 e. The molecule has 28 heavy (non-hydrogen) atoms. The summed E-state index contributed by atoms with van der Waals surface area (Å²) >= 11 is 0. The van der Waals surface area contributed by atoms with Crippen LogP contribution in [0.1, 0.15) is 36.8 Å². The Balaban J connectivity index is 1.91. The predicted octanol–water partition coefficient (Wildman–Crippen LogP) is 2.85. The molecule has 0 unspecified atom stereocenters. The average Bonchev–Trinajstić information content (AvgIpc) is 3.51. The van der Waals surface area contributed by atoms with Gasteiger partial charge in [-0.2, -0.15) is 0 Å². The molecular weight excluding hydrogens is 360 g/mol. The van der Waals surface area contributed by atoms with Gasteiger partial charge in [-0.1, -0.05) is 6.07 Å². The van der Waals surface area contributed by atoms with Crippen LogP contribution < -0.4 is 26.2 Å². The second kappa shape index (κ2) is 8.37. The third-order valence-corrected chi connectivity index (χ3v) is 4.56. The molecule has 3 rings (SSSR count). The zero-order valence-electron chi connectivity index (χ0n) is 16.1. The Labute approximate surface area is 164 Å². The van der Waals surface area contributed by atoms with Crippen molar-refractivity contribution in [2.45, 2.75) is 32.3 Å². The van der Waals surface area contributed by atoms with Gasteiger partial charge in [0, 0.05) is 12.6 Å². The van der Waals surface area contributed by atoms with E-state index in [0.29, 0.717) is 35.3 Å². The molecule has 2 aromatic rings. The largest absolute Gasteiger partial charge is 0.508 e. The van der Waals surface area contributed by atoms with Gasteiger partial charge < -0.3 is 14.6 Å². The molecule has 5 N–H and O–H groups in total. The number of carbonyl (C=O) groups excluding carboxylic acids is 1. The molecule has 8 heteroatoms. The molecule has 8 nitrogen and oxygen atoms in total. The quantitative estimate of drug-likeness (QED) is 0.383. The van der Waals surface area contributed by atoms with Crippen molar-refractivity contribution in [2.75, 3.05) is 18.7 Å². The summed E-state index contributed by atoms with van der Waals surface area (Å²) in [5.74, 6) is 13.4. The standard InChI is InChI=1S/C20H26N4O4/c1-3-27-18-6-4-5-17(24(22)20(26)23(2)21)16(18)12-28-19-10-9-14(25)11-15(19)13-7-8-13/h4-6,9-11,13,25H,3,7-8,12,21-22H2,1-2H3. The molecule has 0 bridgehead atoms. The lowest BCUT2D eigenvalue weighted by Crippen LogP contribution is -2.49. The highest BCUT2D eigenvalue weighted by atomic mass is 16.5. The summed E-state index contributed by atoms with van der Waals surface area (Å²) in [6, 6.07) is 9.78. The fourth-order valence-electron chi connectivity index (χ4n) is 3.02. The number of ether oxygens (including phenoxy) is 2. The molecule has 0 saturated heterocycles. The molecule has 1 fully saturated rings. The zero-order chi connectivity index (χ0) is 20.3. The Morgan fingerprint density at radius 1 is 1.18 bits per heavy atom. The van der Waals surface area contributed by atoms with Crippen molar-refractivity contribution in [3.8, 4) is 17.2 Å². The third-order valence-electron chi connectivity index (χ3n) is 4.56. The zero-order valence-corrected chi connectivity index (χ0v) is 16.1. The summed E-state index contributed by atoms with van der Waals surface area (Å²) in [4.78, 5) is 12.2. The van der Waals surface area contributed by atoms with Crippen molar-refractivity contribution < 1.29 is 19.4 Å². The number of nitrogens with two attached hydrogens (primary N) is 2. The van der Waals surface area contributed by atoms with Crippen LogP contribution in [0.4, 0.5) is 10.5 Å². The maximum absolute atomic E-state index is 12.2. The molecule has 0 heterocycles. The maximum Gasteiger partial charge on any atom is 0.352 e. The molecular formula is C20H26N4O4. The summed E-state index contributed by atoms with van der Waals surface area (Å²) in [6.45, 7) is 2.48. The molecule has 1 aliphatic carbocycles. The average molecular weight is 386 g/mol. The van der Waals surface area contributed by atoms with E-state index in [1.54, 1.807) is 36.4 Å². The number of carbonyl (C=O) groups is 1. The van der Waals surface area contributed by atoms with Gasteiger partial charge in [0.2, 0.25) is 0 Å². The maximum atomic E-state index is 12.2. The number of phenolic OH excluding ortho intramolecular Hbond substituents is 1. The second-order valence-electron chi connectivity index (χ2n) is 6.74. The number of hydrogen-bond acceptors (Lipinski definition) is 6. The van der Waals surface area contributed by atoms with Crippen LogP contribution in [0.15, 0.2) is 36.4 Å². The number of amides is 2. The molecule has 0 atom stereocenters. The first-order valence-corrected chi connectivity index (χ1v) is 9.20. The van der Waals surface area contributed by atoms with Crippen LogP contribution in [0.3, 0.4) is 0 Å². The van der Waals surface area contributed by atoms with Gasteiger partial charge in [0.15, 0.2) is 0 Å². The lowest BCUT2D eigenvalue weighted by atomic mass is 10.1. The summed E-state index contributed by atoms with van der Waals surface area (Å²) in [5, 5.41) is 11.7. The van der Waals surface area contributed by atoms with E-state index in [4.69, 9.17) is 21.2 Å². The van der Waals surface area contributed by atoms with Crippen LogP contribution in [-0.2, 0) is 6.61 Å². The van der Waals surface area contributed by atoms with E-state index >= 15 is 0 Å². The third kappa shape index (κ3) is 4.29. The Morgan fingerprint density at radius 2 is 1.93 bits per heavy atom. The highest BCUT2D eigenvalue weighted by Crippen LogP contribution is 2.45. The van der Waals surface area contributed by atoms with E-state index in [2.05, 4.69) is 0 Å². The van der Waals surface area contributed by atoms with Crippen molar-refractivity contribution >= 4 is 11.7 Å². The van der Waals surface area contributed by atoms with E-state index in [-0.39, 0.29) is 12.4 Å². The number of urea groups is 1. The molecule has 0 aliphatic heterocycles. The minimum absolute atomic E-state index is 0.144. The van der Waals surface area contributed by atoms with Crippen LogP contribution in [0.2, 0.25) is 0 Å². The van der Waals surface area contributed by atoms with Crippen LogP contribution in [-0.4, -0.2) is 29.8 Å². The Kier molecular flexibility index (Phi) is 5.91. The number of benzene rings is 2. The molecule has 0 radical (unpaired) electrons. The highest BCUT2D eigenvalue weighted by molar-refractivity contribution is 5.91. The molecule has 2 amide bonds. The molecule has 1 saturated carbocycles. The lowest BCUT2D eigenvalue weighted by molar-refractivity contribution is 0.216. The van der Waals surface area contributed by atoms with Crippen LogP contribution in [0.5, 0.6) is 17.2 Å². The van der Waals surface area contributed by atoms with E-state index in [1.165, 1.54) is 7.05 Å². The molecule has 1 aliphatic rings. The monoisotopic (exact) mass is 386 g/mol. The topological polar surface area (TPSA) is 114 Å². The lowest BCUT2D eigenvalue weighted by Gasteiger charge is -2.24. The normalized spacial score (nSPS) is 13.1. The first kappa shape index (κ1) is 19.8. The Hall–Kier alpha value is -2.97. The number of phenols is 1. The van der Waals surface area contributed by atoms with Crippen LogP contribution in [0.25, 0.3) is 0 Å². The van der Waals surface area contributed by atoms with Crippen molar-refractivity contribution in [2.24, 2.45) is 11.7 Å². The van der Waals surface area contributed by atoms with Crippen LogP contribution >= 0.6 is 0 Å². The van der Waals surface area contributed by atoms with Gasteiger partial charge in [0.25, 0.3) is 0 Å². The van der Waals surface area contributed by atoms with Gasteiger partial charge in [-0.05, 0) is 56.0 Å². The van der Waals surface area contributed by atoms with Crippen LogP contribution in [0, 0.1) is 0 Å². The molecule has 0 aromatic heterocycles. The first-order valence-electron chi connectivity index (χ1n) is 9.20. The number of aromatic hydroxyl groups is 1. The molecule has 0 spiro atoms. The molecule has 2 aromatic carbocycles. The minimum Gasteiger partial charge on any atom is -0.508 e. The van der Waals surface area contributed by atoms with Gasteiger partial charge in [-0.25, -0.2) is 21.5 Å². The van der Waals surface area contributed by atoms with Crippen molar-refractivity contribution in [3.05, 3.63) is 47.5 Å². The van der Waals surface area contributed by atoms with Gasteiger partial charge in [-0.3, -0.25) is 5.01 Å². The van der Waals surface area contributed by atoms with Gasteiger partial charge in [0.1, 0.15) is 23.9 Å².